The molecule has 2 rings (SSSR count). The number of benzene rings is 1. The van der Waals surface area contributed by atoms with Crippen molar-refractivity contribution in [2.75, 3.05) is 13.1 Å². The molecular weight excluding hydrogens is 272 g/mol. The van der Waals surface area contributed by atoms with Crippen molar-refractivity contribution in [3.63, 3.8) is 0 Å². The van der Waals surface area contributed by atoms with Crippen molar-refractivity contribution >= 4 is 10.0 Å². The minimum Gasteiger partial charge on any atom is -0.312 e. The van der Waals surface area contributed by atoms with Crippen molar-refractivity contribution in [2.45, 2.75) is 44.0 Å². The molecule has 0 amide bonds. The maximum atomic E-state index is 12.4. The Bertz CT molecular complexity index is 543. The van der Waals surface area contributed by atoms with Crippen LogP contribution in [0.15, 0.2) is 29.2 Å². The predicted octanol–water partition coefficient (Wildman–Crippen LogP) is 2.05. The molecule has 1 fully saturated rings. The third-order valence-electron chi connectivity index (χ3n) is 4.13. The van der Waals surface area contributed by atoms with E-state index in [-0.39, 0.29) is 6.04 Å². The molecule has 20 heavy (non-hydrogen) atoms. The van der Waals surface area contributed by atoms with Crippen LogP contribution in [-0.4, -0.2) is 27.5 Å². The zero-order chi connectivity index (χ0) is 14.6. The SMILES string of the molecule is CCC1CCCNC1CNS(=O)(=O)c1ccccc1C. The van der Waals surface area contributed by atoms with Gasteiger partial charge in [0.25, 0.3) is 0 Å². The van der Waals surface area contributed by atoms with Crippen LogP contribution < -0.4 is 10.0 Å². The van der Waals surface area contributed by atoms with E-state index < -0.39 is 10.0 Å². The molecule has 112 valence electrons. The summed E-state index contributed by atoms with van der Waals surface area (Å²) in [7, 11) is -3.41. The Morgan fingerprint density at radius 3 is 2.80 bits per heavy atom. The van der Waals surface area contributed by atoms with E-state index in [1.165, 1.54) is 12.8 Å². The lowest BCUT2D eigenvalue weighted by Gasteiger charge is -2.32. The van der Waals surface area contributed by atoms with Crippen molar-refractivity contribution in [3.8, 4) is 0 Å². The molecule has 1 aromatic carbocycles. The molecule has 2 atom stereocenters. The molecule has 0 aromatic heterocycles. The highest BCUT2D eigenvalue weighted by atomic mass is 32.2. The monoisotopic (exact) mass is 296 g/mol. The number of hydrogen-bond acceptors (Lipinski definition) is 3. The molecule has 0 saturated carbocycles. The number of rotatable bonds is 5. The topological polar surface area (TPSA) is 58.2 Å². The second-order valence-corrected chi connectivity index (χ2v) is 7.22. The Balaban J connectivity index is 2.04. The van der Waals surface area contributed by atoms with Gasteiger partial charge in [-0.05, 0) is 43.9 Å². The molecule has 2 N–H and O–H groups in total. The molecule has 1 aliphatic rings. The van der Waals surface area contributed by atoms with Gasteiger partial charge < -0.3 is 5.32 Å². The molecule has 0 aliphatic carbocycles. The maximum absolute atomic E-state index is 12.4. The fraction of sp³-hybridized carbons (Fsp3) is 0.600. The number of piperidine rings is 1. The van der Waals surface area contributed by atoms with Crippen LogP contribution in [0.2, 0.25) is 0 Å². The Kier molecular flexibility index (Phi) is 5.18. The van der Waals surface area contributed by atoms with Gasteiger partial charge in [-0.1, -0.05) is 31.5 Å². The molecule has 0 radical (unpaired) electrons. The van der Waals surface area contributed by atoms with E-state index in [9.17, 15) is 8.42 Å². The highest BCUT2D eigenvalue weighted by Crippen LogP contribution is 2.20. The van der Waals surface area contributed by atoms with E-state index in [0.29, 0.717) is 17.4 Å². The molecule has 4 nitrogen and oxygen atoms in total. The standard InChI is InChI=1S/C15H24N2O2S/c1-3-13-8-6-10-16-14(13)11-17-20(18,19)15-9-5-4-7-12(15)2/h4-5,7,9,13-14,16-17H,3,6,8,10-11H2,1-2H3. The highest BCUT2D eigenvalue weighted by molar-refractivity contribution is 7.89. The zero-order valence-corrected chi connectivity index (χ0v) is 13.0. The van der Waals surface area contributed by atoms with Crippen LogP contribution in [0.1, 0.15) is 31.7 Å². The normalized spacial score (nSPS) is 23.7. The second-order valence-electron chi connectivity index (χ2n) is 5.49. The molecule has 2 unspecified atom stereocenters. The number of nitrogens with one attached hydrogen (secondary N) is 2. The first-order valence-electron chi connectivity index (χ1n) is 7.33. The molecule has 5 heteroatoms. The Morgan fingerprint density at radius 2 is 2.10 bits per heavy atom. The van der Waals surface area contributed by atoms with Crippen LogP contribution in [0.25, 0.3) is 0 Å². The van der Waals surface area contributed by atoms with Gasteiger partial charge in [-0.3, -0.25) is 0 Å². The van der Waals surface area contributed by atoms with Crippen molar-refractivity contribution in [1.82, 2.24) is 10.0 Å². The maximum Gasteiger partial charge on any atom is 0.240 e. The fourth-order valence-corrected chi connectivity index (χ4v) is 4.19. The summed E-state index contributed by atoms with van der Waals surface area (Å²) in [6.45, 7) is 5.44. The van der Waals surface area contributed by atoms with Gasteiger partial charge in [0.2, 0.25) is 10.0 Å². The largest absolute Gasteiger partial charge is 0.312 e. The van der Waals surface area contributed by atoms with Crippen LogP contribution >= 0.6 is 0 Å². The summed E-state index contributed by atoms with van der Waals surface area (Å²) < 4.78 is 27.5. The summed E-state index contributed by atoms with van der Waals surface area (Å²) in [5, 5.41) is 3.43. The first kappa shape index (κ1) is 15.5. The lowest BCUT2D eigenvalue weighted by Crippen LogP contribution is -2.48. The third kappa shape index (κ3) is 3.59. The van der Waals surface area contributed by atoms with Crippen molar-refractivity contribution in [2.24, 2.45) is 5.92 Å². The van der Waals surface area contributed by atoms with Gasteiger partial charge >= 0.3 is 0 Å². The minimum atomic E-state index is -3.41. The Labute approximate surface area is 122 Å². The minimum absolute atomic E-state index is 0.243. The molecule has 1 heterocycles. The molecule has 0 spiro atoms. The predicted molar refractivity (Wildman–Crippen MR) is 81.2 cm³/mol. The van der Waals surface area contributed by atoms with Gasteiger partial charge in [0.1, 0.15) is 0 Å². The first-order valence-corrected chi connectivity index (χ1v) is 8.81. The fourth-order valence-electron chi connectivity index (χ4n) is 2.88. The summed E-state index contributed by atoms with van der Waals surface area (Å²) in [6, 6.07) is 7.33. The summed E-state index contributed by atoms with van der Waals surface area (Å²) in [4.78, 5) is 0.379. The van der Waals surface area contributed by atoms with Crippen LogP contribution in [0, 0.1) is 12.8 Å². The van der Waals surface area contributed by atoms with Crippen molar-refractivity contribution in [1.29, 1.82) is 0 Å². The van der Waals surface area contributed by atoms with E-state index >= 15 is 0 Å². The Morgan fingerprint density at radius 1 is 1.35 bits per heavy atom. The molecule has 1 aromatic rings. The molecule has 1 saturated heterocycles. The highest BCUT2D eigenvalue weighted by Gasteiger charge is 2.25. The lowest BCUT2D eigenvalue weighted by molar-refractivity contribution is 0.273. The molecular formula is C15H24N2O2S. The quantitative estimate of drug-likeness (QED) is 0.874. The Hall–Kier alpha value is -0.910. The van der Waals surface area contributed by atoms with E-state index in [1.54, 1.807) is 12.1 Å². The van der Waals surface area contributed by atoms with Crippen LogP contribution in [0.3, 0.4) is 0 Å². The second kappa shape index (κ2) is 6.70. The summed E-state index contributed by atoms with van der Waals surface area (Å²) in [5.74, 6) is 0.559. The third-order valence-corrected chi connectivity index (χ3v) is 5.71. The molecule has 0 bridgehead atoms. The smallest absolute Gasteiger partial charge is 0.240 e. The summed E-state index contributed by atoms with van der Waals surface area (Å²) in [6.07, 6.45) is 3.45. The number of aryl methyl sites for hydroxylation is 1. The first-order chi connectivity index (χ1) is 9.54. The average Bonchev–Trinajstić information content (AvgIpc) is 2.46. The van der Waals surface area contributed by atoms with Crippen molar-refractivity contribution < 1.29 is 8.42 Å². The summed E-state index contributed by atoms with van der Waals surface area (Å²) >= 11 is 0. The van der Waals surface area contributed by atoms with E-state index in [0.717, 1.165) is 18.5 Å². The van der Waals surface area contributed by atoms with Gasteiger partial charge in [0, 0.05) is 12.6 Å². The van der Waals surface area contributed by atoms with Crippen LogP contribution in [-0.2, 0) is 10.0 Å². The van der Waals surface area contributed by atoms with Crippen molar-refractivity contribution in [3.05, 3.63) is 29.8 Å². The van der Waals surface area contributed by atoms with E-state index in [2.05, 4.69) is 17.0 Å². The van der Waals surface area contributed by atoms with Gasteiger partial charge in [0.15, 0.2) is 0 Å². The molecule has 1 aliphatic heterocycles. The van der Waals surface area contributed by atoms with Crippen LogP contribution in [0.4, 0.5) is 0 Å². The zero-order valence-electron chi connectivity index (χ0n) is 12.2. The summed E-state index contributed by atoms with van der Waals surface area (Å²) in [5.41, 5.74) is 0.781. The van der Waals surface area contributed by atoms with Gasteiger partial charge in [0.05, 0.1) is 4.90 Å². The average molecular weight is 296 g/mol. The van der Waals surface area contributed by atoms with E-state index in [4.69, 9.17) is 0 Å². The van der Waals surface area contributed by atoms with Gasteiger partial charge in [-0.2, -0.15) is 0 Å². The van der Waals surface area contributed by atoms with Crippen LogP contribution in [0.5, 0.6) is 0 Å². The number of sulfonamides is 1. The van der Waals surface area contributed by atoms with Gasteiger partial charge in [-0.15, -0.1) is 0 Å². The van der Waals surface area contributed by atoms with Gasteiger partial charge in [-0.25, -0.2) is 13.1 Å². The number of hydrogen-bond donors (Lipinski definition) is 2. The lowest BCUT2D eigenvalue weighted by atomic mass is 9.89. The van der Waals surface area contributed by atoms with E-state index in [1.807, 2.05) is 19.1 Å².